The summed E-state index contributed by atoms with van der Waals surface area (Å²) in [5.41, 5.74) is 1.97. The normalized spacial score (nSPS) is 10.1. The Hall–Kier alpha value is -1.26. The van der Waals surface area contributed by atoms with Crippen LogP contribution in [0.4, 0.5) is 0 Å². The van der Waals surface area contributed by atoms with Gasteiger partial charge in [-0.1, -0.05) is 6.07 Å². The quantitative estimate of drug-likeness (QED) is 0.715. The van der Waals surface area contributed by atoms with Gasteiger partial charge in [0.25, 0.3) is 0 Å². The Morgan fingerprint density at radius 3 is 2.53 bits per heavy atom. The average molecular weight is 211 g/mol. The molecule has 0 heterocycles. The van der Waals surface area contributed by atoms with Crippen molar-refractivity contribution in [2.24, 2.45) is 0 Å². The molecule has 0 aromatic heterocycles. The van der Waals surface area contributed by atoms with Gasteiger partial charge < -0.3 is 14.6 Å². The van der Waals surface area contributed by atoms with Crippen LogP contribution in [0, 0.1) is 6.92 Å². The summed E-state index contributed by atoms with van der Waals surface area (Å²) >= 11 is 0. The molecule has 1 aromatic rings. The van der Waals surface area contributed by atoms with E-state index in [-0.39, 0.29) is 6.73 Å². The van der Waals surface area contributed by atoms with Crippen molar-refractivity contribution in [2.75, 3.05) is 21.0 Å². The maximum Gasteiger partial charge on any atom is 0.129 e. The molecule has 0 radical (unpaired) electrons. The van der Waals surface area contributed by atoms with Gasteiger partial charge >= 0.3 is 0 Å². The monoisotopic (exact) mass is 211 g/mol. The van der Waals surface area contributed by atoms with Crippen LogP contribution in [0.1, 0.15) is 11.1 Å². The zero-order valence-corrected chi connectivity index (χ0v) is 9.33. The summed E-state index contributed by atoms with van der Waals surface area (Å²) < 4.78 is 10.5. The molecule has 0 aliphatic heterocycles. The van der Waals surface area contributed by atoms with Crippen molar-refractivity contribution in [1.29, 1.82) is 0 Å². The first kappa shape index (κ1) is 11.8. The van der Waals surface area contributed by atoms with Gasteiger partial charge in [-0.05, 0) is 13.0 Å². The summed E-state index contributed by atoms with van der Waals surface area (Å²) in [7, 11) is 3.26. The minimum atomic E-state index is -0.0474. The molecule has 0 spiro atoms. The van der Waals surface area contributed by atoms with Crippen molar-refractivity contribution in [3.05, 3.63) is 23.3 Å². The van der Waals surface area contributed by atoms with Gasteiger partial charge in [-0.2, -0.15) is 0 Å². The Bertz CT molecular complexity index is 326. The SMILES string of the molecule is COc1ccc(CNCO)c(OC)c1C. The van der Waals surface area contributed by atoms with Gasteiger partial charge in [0.05, 0.1) is 21.0 Å². The van der Waals surface area contributed by atoms with Crippen LogP contribution >= 0.6 is 0 Å². The minimum Gasteiger partial charge on any atom is -0.496 e. The maximum atomic E-state index is 8.68. The topological polar surface area (TPSA) is 50.7 Å². The van der Waals surface area contributed by atoms with Crippen molar-refractivity contribution in [3.8, 4) is 11.5 Å². The van der Waals surface area contributed by atoms with E-state index in [1.54, 1.807) is 14.2 Å². The first-order valence-corrected chi connectivity index (χ1v) is 4.76. The molecular formula is C11H17NO3. The van der Waals surface area contributed by atoms with Crippen LogP contribution in [0.2, 0.25) is 0 Å². The molecule has 1 rings (SSSR count). The van der Waals surface area contributed by atoms with Crippen LogP contribution in [0.25, 0.3) is 0 Å². The molecule has 84 valence electrons. The fourth-order valence-electron chi connectivity index (χ4n) is 1.56. The minimum absolute atomic E-state index is 0.0474. The van der Waals surface area contributed by atoms with E-state index in [0.717, 1.165) is 22.6 Å². The number of aliphatic hydroxyl groups excluding tert-OH is 1. The number of nitrogens with one attached hydrogen (secondary N) is 1. The zero-order valence-electron chi connectivity index (χ0n) is 9.33. The van der Waals surface area contributed by atoms with Crippen LogP contribution in [0.15, 0.2) is 12.1 Å². The first-order chi connectivity index (χ1) is 7.24. The number of hydrogen-bond acceptors (Lipinski definition) is 4. The molecule has 0 atom stereocenters. The fraction of sp³-hybridized carbons (Fsp3) is 0.455. The summed E-state index contributed by atoms with van der Waals surface area (Å²) in [6.07, 6.45) is 0. The van der Waals surface area contributed by atoms with Crippen LogP contribution in [0.5, 0.6) is 11.5 Å². The van der Waals surface area contributed by atoms with Gasteiger partial charge in [0, 0.05) is 17.7 Å². The number of ether oxygens (including phenoxy) is 2. The summed E-state index contributed by atoms with van der Waals surface area (Å²) in [5, 5.41) is 11.5. The Balaban J connectivity index is 3.01. The molecule has 0 aliphatic rings. The molecule has 4 heteroatoms. The predicted octanol–water partition coefficient (Wildman–Crippen LogP) is 1.05. The smallest absolute Gasteiger partial charge is 0.129 e. The van der Waals surface area contributed by atoms with Crippen LogP contribution < -0.4 is 14.8 Å². The van der Waals surface area contributed by atoms with E-state index in [2.05, 4.69) is 5.32 Å². The van der Waals surface area contributed by atoms with Crippen molar-refractivity contribution in [3.63, 3.8) is 0 Å². The van der Waals surface area contributed by atoms with Gasteiger partial charge in [0.15, 0.2) is 0 Å². The number of rotatable bonds is 5. The van der Waals surface area contributed by atoms with Crippen molar-refractivity contribution in [1.82, 2.24) is 5.32 Å². The standard InChI is InChI=1S/C11H17NO3/c1-8-10(14-2)5-4-9(6-12-7-13)11(8)15-3/h4-5,12-13H,6-7H2,1-3H3. The van der Waals surface area contributed by atoms with E-state index in [0.29, 0.717) is 6.54 Å². The second kappa shape index (κ2) is 5.58. The van der Waals surface area contributed by atoms with Gasteiger partial charge in [0.1, 0.15) is 11.5 Å². The number of hydrogen-bond donors (Lipinski definition) is 2. The van der Waals surface area contributed by atoms with Gasteiger partial charge in [0.2, 0.25) is 0 Å². The lowest BCUT2D eigenvalue weighted by Crippen LogP contribution is -2.14. The molecule has 0 fully saturated rings. The maximum absolute atomic E-state index is 8.68. The van der Waals surface area contributed by atoms with Crippen LogP contribution in [-0.2, 0) is 6.54 Å². The van der Waals surface area contributed by atoms with E-state index in [1.165, 1.54) is 0 Å². The van der Waals surface area contributed by atoms with E-state index in [1.807, 2.05) is 19.1 Å². The van der Waals surface area contributed by atoms with E-state index >= 15 is 0 Å². The molecule has 15 heavy (non-hydrogen) atoms. The van der Waals surface area contributed by atoms with Crippen molar-refractivity contribution < 1.29 is 14.6 Å². The molecule has 0 saturated carbocycles. The highest BCUT2D eigenvalue weighted by atomic mass is 16.5. The third-order valence-electron chi connectivity index (χ3n) is 2.29. The first-order valence-electron chi connectivity index (χ1n) is 4.76. The molecule has 1 aromatic carbocycles. The molecular weight excluding hydrogens is 194 g/mol. The zero-order chi connectivity index (χ0) is 11.3. The fourth-order valence-corrected chi connectivity index (χ4v) is 1.56. The predicted molar refractivity (Wildman–Crippen MR) is 58.2 cm³/mol. The molecule has 0 bridgehead atoms. The summed E-state index contributed by atoms with van der Waals surface area (Å²) in [4.78, 5) is 0. The molecule has 4 nitrogen and oxygen atoms in total. The highest BCUT2D eigenvalue weighted by Crippen LogP contribution is 2.30. The van der Waals surface area contributed by atoms with Crippen molar-refractivity contribution >= 4 is 0 Å². The highest BCUT2D eigenvalue weighted by Gasteiger charge is 2.10. The summed E-state index contributed by atoms with van der Waals surface area (Å²) in [5.74, 6) is 1.61. The number of benzene rings is 1. The summed E-state index contributed by atoms with van der Waals surface area (Å²) in [6.45, 7) is 2.47. The van der Waals surface area contributed by atoms with Crippen LogP contribution in [0.3, 0.4) is 0 Å². The lowest BCUT2D eigenvalue weighted by atomic mass is 10.1. The third kappa shape index (κ3) is 2.61. The molecule has 0 amide bonds. The van der Waals surface area contributed by atoms with Gasteiger partial charge in [-0.3, -0.25) is 5.32 Å². The molecule has 2 N–H and O–H groups in total. The third-order valence-corrected chi connectivity index (χ3v) is 2.29. The Labute approximate surface area is 89.8 Å². The second-order valence-corrected chi connectivity index (χ2v) is 3.17. The average Bonchev–Trinajstić information content (AvgIpc) is 2.26. The second-order valence-electron chi connectivity index (χ2n) is 3.17. The summed E-state index contributed by atoms with van der Waals surface area (Å²) in [6, 6.07) is 3.82. The van der Waals surface area contributed by atoms with Gasteiger partial charge in [-0.15, -0.1) is 0 Å². The lowest BCUT2D eigenvalue weighted by Gasteiger charge is -2.14. The lowest BCUT2D eigenvalue weighted by molar-refractivity contribution is 0.258. The van der Waals surface area contributed by atoms with Crippen LogP contribution in [-0.4, -0.2) is 26.1 Å². The Kier molecular flexibility index (Phi) is 4.39. The largest absolute Gasteiger partial charge is 0.496 e. The number of methoxy groups -OCH3 is 2. The van der Waals surface area contributed by atoms with E-state index in [4.69, 9.17) is 14.6 Å². The molecule has 0 saturated heterocycles. The van der Waals surface area contributed by atoms with Gasteiger partial charge in [-0.25, -0.2) is 0 Å². The van der Waals surface area contributed by atoms with Crippen molar-refractivity contribution in [2.45, 2.75) is 13.5 Å². The number of aliphatic hydroxyl groups is 1. The van der Waals surface area contributed by atoms with E-state index < -0.39 is 0 Å². The Morgan fingerprint density at radius 2 is 2.00 bits per heavy atom. The highest BCUT2D eigenvalue weighted by molar-refractivity contribution is 5.49. The molecule has 0 unspecified atom stereocenters. The Morgan fingerprint density at radius 1 is 1.27 bits per heavy atom. The van der Waals surface area contributed by atoms with E-state index in [9.17, 15) is 0 Å². The molecule has 0 aliphatic carbocycles.